The van der Waals surface area contributed by atoms with Gasteiger partial charge in [0.25, 0.3) is 5.91 Å². The van der Waals surface area contributed by atoms with E-state index in [1.807, 2.05) is 0 Å². The monoisotopic (exact) mass is 210 g/mol. The molecule has 0 aliphatic carbocycles. The molecule has 0 radical (unpaired) electrons. The summed E-state index contributed by atoms with van der Waals surface area (Å²) in [5.41, 5.74) is 3.08. The fourth-order valence-corrected chi connectivity index (χ4v) is 1.04. The van der Waals surface area contributed by atoms with Crippen LogP contribution in [0.2, 0.25) is 0 Å². The average Bonchev–Trinajstić information content (AvgIpc) is 2.16. The van der Waals surface area contributed by atoms with Crippen LogP contribution < -0.4 is 5.73 Å². The smallest absolute Gasteiger partial charge is 0.339 e. The maximum absolute atomic E-state index is 10.8. The molecule has 1 aromatic rings. The van der Waals surface area contributed by atoms with Crippen LogP contribution in [0, 0.1) is 0 Å². The number of nitrogens with zero attached hydrogens (tertiary/aromatic N) is 1. The maximum atomic E-state index is 10.8. The Kier molecular flexibility index (Phi) is 2.65. The predicted molar refractivity (Wildman–Crippen MR) is 46.7 cm³/mol. The van der Waals surface area contributed by atoms with Crippen molar-refractivity contribution in [3.63, 3.8) is 0 Å². The lowest BCUT2D eigenvalue weighted by Gasteiger charge is -2.04. The van der Waals surface area contributed by atoms with Gasteiger partial charge in [0.15, 0.2) is 0 Å². The van der Waals surface area contributed by atoms with Crippen LogP contribution in [0.1, 0.15) is 31.2 Å². The SMILES string of the molecule is NC(=O)c1nccc(C(=O)O)c1C(=O)O. The Morgan fingerprint density at radius 2 is 1.80 bits per heavy atom. The summed E-state index contributed by atoms with van der Waals surface area (Å²) in [5, 5.41) is 17.4. The summed E-state index contributed by atoms with van der Waals surface area (Å²) in [6.45, 7) is 0. The van der Waals surface area contributed by atoms with Gasteiger partial charge < -0.3 is 15.9 Å². The van der Waals surface area contributed by atoms with E-state index in [0.717, 1.165) is 12.3 Å². The van der Waals surface area contributed by atoms with Crippen molar-refractivity contribution in [1.29, 1.82) is 0 Å². The zero-order valence-corrected chi connectivity index (χ0v) is 7.30. The summed E-state index contributed by atoms with van der Waals surface area (Å²) in [4.78, 5) is 35.6. The van der Waals surface area contributed by atoms with E-state index in [1.54, 1.807) is 0 Å². The van der Waals surface area contributed by atoms with Gasteiger partial charge in [0, 0.05) is 6.20 Å². The van der Waals surface area contributed by atoms with Crippen molar-refractivity contribution < 1.29 is 24.6 Å². The molecule has 4 N–H and O–H groups in total. The molecule has 15 heavy (non-hydrogen) atoms. The number of carboxylic acid groups (broad SMARTS) is 2. The first-order valence-electron chi connectivity index (χ1n) is 3.70. The molecule has 7 nitrogen and oxygen atoms in total. The molecule has 1 aromatic heterocycles. The number of aromatic nitrogens is 1. The summed E-state index contributed by atoms with van der Waals surface area (Å²) in [7, 11) is 0. The molecular weight excluding hydrogens is 204 g/mol. The van der Waals surface area contributed by atoms with Crippen molar-refractivity contribution >= 4 is 17.8 Å². The minimum atomic E-state index is -1.56. The number of rotatable bonds is 3. The first-order valence-corrected chi connectivity index (χ1v) is 3.70. The molecule has 0 fully saturated rings. The van der Waals surface area contributed by atoms with Crippen molar-refractivity contribution in [3.8, 4) is 0 Å². The molecule has 0 bridgehead atoms. The van der Waals surface area contributed by atoms with Gasteiger partial charge in [0.1, 0.15) is 11.3 Å². The zero-order chi connectivity index (χ0) is 11.6. The molecule has 0 aliphatic heterocycles. The van der Waals surface area contributed by atoms with E-state index in [2.05, 4.69) is 4.98 Å². The highest BCUT2D eigenvalue weighted by Crippen LogP contribution is 2.12. The molecule has 1 rings (SSSR count). The van der Waals surface area contributed by atoms with Gasteiger partial charge >= 0.3 is 11.9 Å². The quantitative estimate of drug-likeness (QED) is 0.620. The van der Waals surface area contributed by atoms with Crippen LogP contribution in [-0.4, -0.2) is 33.0 Å². The van der Waals surface area contributed by atoms with Crippen molar-refractivity contribution in [2.24, 2.45) is 5.73 Å². The second kappa shape index (κ2) is 3.74. The van der Waals surface area contributed by atoms with Crippen LogP contribution in [-0.2, 0) is 0 Å². The highest BCUT2D eigenvalue weighted by Gasteiger charge is 2.23. The number of nitrogens with two attached hydrogens (primary N) is 1. The van der Waals surface area contributed by atoms with Gasteiger partial charge in [-0.05, 0) is 6.07 Å². The molecule has 0 spiro atoms. The van der Waals surface area contributed by atoms with E-state index in [-0.39, 0.29) is 0 Å². The van der Waals surface area contributed by atoms with Crippen LogP contribution in [0.3, 0.4) is 0 Å². The summed E-state index contributed by atoms with van der Waals surface area (Å²) >= 11 is 0. The molecule has 0 aromatic carbocycles. The minimum Gasteiger partial charge on any atom is -0.478 e. The van der Waals surface area contributed by atoms with Gasteiger partial charge in [-0.15, -0.1) is 0 Å². The van der Waals surface area contributed by atoms with Crippen molar-refractivity contribution in [2.45, 2.75) is 0 Å². The lowest BCUT2D eigenvalue weighted by Crippen LogP contribution is -2.21. The number of hydrogen-bond acceptors (Lipinski definition) is 4. The maximum Gasteiger partial charge on any atom is 0.339 e. The van der Waals surface area contributed by atoms with E-state index in [0.29, 0.717) is 0 Å². The number of carbonyl (C=O) groups excluding carboxylic acids is 1. The molecule has 0 atom stereocenters. The average molecular weight is 210 g/mol. The standard InChI is InChI=1S/C8H6N2O5/c9-6(11)5-4(8(14)15)3(7(12)13)1-2-10-5/h1-2H,(H2,9,11)(H,12,13)(H,14,15). The van der Waals surface area contributed by atoms with E-state index in [9.17, 15) is 14.4 Å². The summed E-state index contributed by atoms with van der Waals surface area (Å²) < 4.78 is 0. The number of amides is 1. The van der Waals surface area contributed by atoms with Crippen LogP contribution >= 0.6 is 0 Å². The first-order chi connectivity index (χ1) is 6.95. The molecule has 78 valence electrons. The van der Waals surface area contributed by atoms with E-state index >= 15 is 0 Å². The fourth-order valence-electron chi connectivity index (χ4n) is 1.04. The van der Waals surface area contributed by atoms with Crippen molar-refractivity contribution in [2.75, 3.05) is 0 Å². The Hall–Kier alpha value is -2.44. The van der Waals surface area contributed by atoms with Gasteiger partial charge in [0.2, 0.25) is 0 Å². The van der Waals surface area contributed by atoms with Crippen LogP contribution in [0.5, 0.6) is 0 Å². The van der Waals surface area contributed by atoms with Gasteiger partial charge in [-0.2, -0.15) is 0 Å². The Morgan fingerprint density at radius 1 is 1.20 bits per heavy atom. The molecule has 0 aliphatic rings. The third-order valence-electron chi connectivity index (χ3n) is 1.63. The third-order valence-corrected chi connectivity index (χ3v) is 1.63. The number of carbonyl (C=O) groups is 3. The van der Waals surface area contributed by atoms with Crippen LogP contribution in [0.4, 0.5) is 0 Å². The second-order valence-electron chi connectivity index (χ2n) is 2.56. The summed E-state index contributed by atoms with van der Waals surface area (Å²) in [6, 6.07) is 0.984. The Balaban J connectivity index is 3.56. The first kappa shape index (κ1) is 10.6. The summed E-state index contributed by atoms with van der Waals surface area (Å²) in [6.07, 6.45) is 1.01. The molecule has 1 amide bonds. The number of pyridine rings is 1. The third kappa shape index (κ3) is 1.90. The molecule has 7 heteroatoms. The van der Waals surface area contributed by atoms with Gasteiger partial charge in [0.05, 0.1) is 5.56 Å². The van der Waals surface area contributed by atoms with Gasteiger partial charge in [-0.25, -0.2) is 9.59 Å². The molecule has 0 unspecified atom stereocenters. The van der Waals surface area contributed by atoms with Crippen molar-refractivity contribution in [3.05, 3.63) is 29.1 Å². The van der Waals surface area contributed by atoms with Crippen molar-refractivity contribution in [1.82, 2.24) is 4.98 Å². The minimum absolute atomic E-state index is 0.522. The van der Waals surface area contributed by atoms with Crippen LogP contribution in [0.25, 0.3) is 0 Å². The second-order valence-corrected chi connectivity index (χ2v) is 2.56. The zero-order valence-electron chi connectivity index (χ0n) is 7.30. The molecule has 0 saturated heterocycles. The molecule has 1 heterocycles. The van der Waals surface area contributed by atoms with Gasteiger partial charge in [-0.3, -0.25) is 9.78 Å². The number of aromatic carboxylic acids is 2. The highest BCUT2D eigenvalue weighted by molar-refractivity contribution is 6.09. The lowest BCUT2D eigenvalue weighted by molar-refractivity contribution is 0.0648. The number of hydrogen-bond donors (Lipinski definition) is 3. The van der Waals surface area contributed by atoms with E-state index < -0.39 is 34.7 Å². The normalized spacial score (nSPS) is 9.60. The number of carboxylic acids is 2. The molecular formula is C8H6N2O5. The lowest BCUT2D eigenvalue weighted by atomic mass is 10.1. The van der Waals surface area contributed by atoms with E-state index in [1.165, 1.54) is 0 Å². The predicted octanol–water partition coefficient (Wildman–Crippen LogP) is -0.423. The number of primary amides is 1. The highest BCUT2D eigenvalue weighted by atomic mass is 16.4. The summed E-state index contributed by atoms with van der Waals surface area (Å²) in [5.74, 6) is -4.11. The molecule has 0 saturated carbocycles. The Bertz CT molecular complexity index is 422. The van der Waals surface area contributed by atoms with Crippen LogP contribution in [0.15, 0.2) is 12.3 Å². The largest absolute Gasteiger partial charge is 0.478 e. The Labute approximate surface area is 83.2 Å². The van der Waals surface area contributed by atoms with Gasteiger partial charge in [-0.1, -0.05) is 0 Å². The fraction of sp³-hybridized carbons (Fsp3) is 0. The topological polar surface area (TPSA) is 131 Å². The van der Waals surface area contributed by atoms with E-state index in [4.69, 9.17) is 15.9 Å². The Morgan fingerprint density at radius 3 is 2.20 bits per heavy atom.